The monoisotopic (exact) mass is 416 g/mol. The third-order valence-electron chi connectivity index (χ3n) is 4.23. The van der Waals surface area contributed by atoms with Crippen molar-refractivity contribution in [3.63, 3.8) is 0 Å². The van der Waals surface area contributed by atoms with E-state index in [2.05, 4.69) is 10.4 Å². The summed E-state index contributed by atoms with van der Waals surface area (Å²) in [4.78, 5) is 25.6. The predicted molar refractivity (Wildman–Crippen MR) is 98.0 cm³/mol. The van der Waals surface area contributed by atoms with Crippen LogP contribution in [0.2, 0.25) is 0 Å². The first-order valence-electron chi connectivity index (χ1n) is 8.61. The maximum atomic E-state index is 12.3. The van der Waals surface area contributed by atoms with Crippen molar-refractivity contribution in [3.05, 3.63) is 29.5 Å². The number of aromatic nitrogens is 2. The smallest absolute Gasteiger partial charge is 0.426 e. The van der Waals surface area contributed by atoms with Crippen molar-refractivity contribution in [2.45, 2.75) is 25.6 Å². The van der Waals surface area contributed by atoms with Gasteiger partial charge < -0.3 is 15.0 Å². The van der Waals surface area contributed by atoms with Gasteiger partial charge in [-0.25, -0.2) is 9.48 Å². The van der Waals surface area contributed by atoms with Crippen molar-refractivity contribution in [2.75, 3.05) is 25.4 Å². The first kappa shape index (κ1) is 20.3. The van der Waals surface area contributed by atoms with Crippen LogP contribution in [0.4, 0.5) is 18.0 Å². The second kappa shape index (κ2) is 8.29. The standard InChI is InChI=1S/C17H19F3N4O3S/c1-11-7-14-12(8-13(11)15(25)21-3-6-28-17(18,19)20)9-24(22-14)10-27-16(26)23-4-2-5-23/h7-9H,2-6,10H2,1H3,(H,21,25). The molecule has 0 radical (unpaired) electrons. The molecule has 28 heavy (non-hydrogen) atoms. The van der Waals surface area contributed by atoms with Crippen molar-refractivity contribution in [1.82, 2.24) is 20.0 Å². The zero-order valence-electron chi connectivity index (χ0n) is 15.1. The summed E-state index contributed by atoms with van der Waals surface area (Å²) < 4.78 is 43.0. The molecule has 3 rings (SSSR count). The Hall–Kier alpha value is -2.43. The Morgan fingerprint density at radius 2 is 2.07 bits per heavy atom. The fraction of sp³-hybridized carbons (Fsp3) is 0.471. The molecule has 2 heterocycles. The van der Waals surface area contributed by atoms with E-state index in [-0.39, 0.29) is 30.8 Å². The molecule has 0 saturated carbocycles. The number of halogens is 3. The van der Waals surface area contributed by atoms with Crippen LogP contribution in [0.25, 0.3) is 10.9 Å². The van der Waals surface area contributed by atoms with Crippen molar-refractivity contribution in [1.29, 1.82) is 0 Å². The summed E-state index contributed by atoms with van der Waals surface area (Å²) in [6, 6.07) is 3.33. The van der Waals surface area contributed by atoms with Gasteiger partial charge in [-0.15, -0.1) is 0 Å². The van der Waals surface area contributed by atoms with Crippen LogP contribution in [0.15, 0.2) is 18.3 Å². The number of benzene rings is 1. The Balaban J connectivity index is 1.61. The molecule has 1 saturated heterocycles. The second-order valence-corrected chi connectivity index (χ2v) is 7.48. The van der Waals surface area contributed by atoms with E-state index in [9.17, 15) is 22.8 Å². The molecule has 1 N–H and O–H groups in total. The van der Waals surface area contributed by atoms with Gasteiger partial charge in [0.25, 0.3) is 5.91 Å². The summed E-state index contributed by atoms with van der Waals surface area (Å²) in [7, 11) is 0. The van der Waals surface area contributed by atoms with Gasteiger partial charge in [0.1, 0.15) is 0 Å². The van der Waals surface area contributed by atoms with Gasteiger partial charge in [-0.2, -0.15) is 18.3 Å². The SMILES string of the molecule is Cc1cc2nn(COC(=O)N3CCC3)cc2cc1C(=O)NCCSC(F)(F)F. The minimum atomic E-state index is -4.31. The number of ether oxygens (including phenoxy) is 1. The lowest BCUT2D eigenvalue weighted by Crippen LogP contribution is -2.42. The van der Waals surface area contributed by atoms with Gasteiger partial charge in [0.05, 0.1) is 5.52 Å². The minimum absolute atomic E-state index is 0.0424. The van der Waals surface area contributed by atoms with Crippen LogP contribution >= 0.6 is 11.8 Å². The highest BCUT2D eigenvalue weighted by Gasteiger charge is 2.27. The predicted octanol–water partition coefficient (Wildman–Crippen LogP) is 3.13. The molecule has 7 nitrogen and oxygen atoms in total. The van der Waals surface area contributed by atoms with E-state index in [4.69, 9.17) is 4.74 Å². The molecule has 1 aromatic heterocycles. The van der Waals surface area contributed by atoms with E-state index in [1.807, 2.05) is 0 Å². The second-order valence-electron chi connectivity index (χ2n) is 6.32. The number of hydrogen-bond donors (Lipinski definition) is 1. The van der Waals surface area contributed by atoms with E-state index >= 15 is 0 Å². The van der Waals surface area contributed by atoms with E-state index in [1.165, 1.54) is 4.68 Å². The first-order valence-corrected chi connectivity index (χ1v) is 9.60. The number of hydrogen-bond acceptors (Lipinski definition) is 5. The topological polar surface area (TPSA) is 76.5 Å². The number of rotatable bonds is 6. The molecule has 0 unspecified atom stereocenters. The molecular formula is C17H19F3N4O3S. The summed E-state index contributed by atoms with van der Waals surface area (Å²) in [5.41, 5.74) is -2.67. The fourth-order valence-electron chi connectivity index (χ4n) is 2.68. The van der Waals surface area contributed by atoms with Crippen LogP contribution in [-0.4, -0.2) is 57.6 Å². The normalized spacial score (nSPS) is 14.1. The quantitative estimate of drug-likeness (QED) is 0.733. The Morgan fingerprint density at radius 1 is 1.32 bits per heavy atom. The molecule has 0 aliphatic carbocycles. The van der Waals surface area contributed by atoms with E-state index < -0.39 is 17.5 Å². The van der Waals surface area contributed by atoms with Gasteiger partial charge in [-0.05, 0) is 42.8 Å². The number of aryl methyl sites for hydroxylation is 1. The van der Waals surface area contributed by atoms with Crippen LogP contribution < -0.4 is 5.32 Å². The highest BCUT2D eigenvalue weighted by molar-refractivity contribution is 8.00. The average Bonchev–Trinajstić information content (AvgIpc) is 2.95. The van der Waals surface area contributed by atoms with Crippen LogP contribution in [0.3, 0.4) is 0 Å². The maximum Gasteiger partial charge on any atom is 0.441 e. The molecule has 0 bridgehead atoms. The fourth-order valence-corrected chi connectivity index (χ4v) is 3.11. The number of alkyl halides is 3. The summed E-state index contributed by atoms with van der Waals surface area (Å²) in [6.45, 7) is 2.98. The Labute approximate surface area is 163 Å². The van der Waals surface area contributed by atoms with Crippen LogP contribution in [-0.2, 0) is 11.5 Å². The third-order valence-corrected chi connectivity index (χ3v) is 4.97. The molecule has 1 aromatic carbocycles. The summed E-state index contributed by atoms with van der Waals surface area (Å²) in [6.07, 6.45) is 2.23. The van der Waals surface area contributed by atoms with Gasteiger partial charge in [-0.3, -0.25) is 4.79 Å². The summed E-state index contributed by atoms with van der Waals surface area (Å²) >= 11 is -0.177. The van der Waals surface area contributed by atoms with Crippen LogP contribution in [0.5, 0.6) is 0 Å². The number of amides is 2. The lowest BCUT2D eigenvalue weighted by Gasteiger charge is -2.29. The largest absolute Gasteiger partial charge is 0.441 e. The van der Waals surface area contributed by atoms with Gasteiger partial charge in [-0.1, -0.05) is 0 Å². The van der Waals surface area contributed by atoms with Crippen molar-refractivity contribution in [3.8, 4) is 0 Å². The first-order chi connectivity index (χ1) is 13.2. The highest BCUT2D eigenvalue weighted by Crippen LogP contribution is 2.29. The molecule has 2 amide bonds. The molecule has 1 aliphatic rings. The summed E-state index contributed by atoms with van der Waals surface area (Å²) in [5.74, 6) is -0.698. The third kappa shape index (κ3) is 5.09. The zero-order valence-corrected chi connectivity index (χ0v) is 15.9. The highest BCUT2D eigenvalue weighted by atomic mass is 32.2. The number of nitrogens with one attached hydrogen (secondary N) is 1. The molecule has 152 valence electrons. The van der Waals surface area contributed by atoms with Crippen LogP contribution in [0, 0.1) is 6.92 Å². The Kier molecular flexibility index (Phi) is 6.01. The molecule has 0 spiro atoms. The van der Waals surface area contributed by atoms with E-state index in [1.54, 1.807) is 30.2 Å². The van der Waals surface area contributed by atoms with Gasteiger partial charge in [0, 0.05) is 42.5 Å². The van der Waals surface area contributed by atoms with Gasteiger partial charge >= 0.3 is 11.6 Å². The summed E-state index contributed by atoms with van der Waals surface area (Å²) in [5, 5.41) is 7.47. The number of nitrogens with zero attached hydrogens (tertiary/aromatic N) is 3. The van der Waals surface area contributed by atoms with Crippen molar-refractivity contribution in [2.24, 2.45) is 0 Å². The molecule has 2 aromatic rings. The van der Waals surface area contributed by atoms with Crippen LogP contribution in [0.1, 0.15) is 22.3 Å². The lowest BCUT2D eigenvalue weighted by molar-refractivity contribution is -0.0327. The van der Waals surface area contributed by atoms with E-state index in [0.29, 0.717) is 35.1 Å². The number of carbonyl (C=O) groups excluding carboxylic acids is 2. The van der Waals surface area contributed by atoms with Gasteiger partial charge in [0.2, 0.25) is 0 Å². The number of likely N-dealkylation sites (tertiary alicyclic amines) is 1. The molecule has 1 aliphatic heterocycles. The Bertz CT molecular complexity index is 880. The maximum absolute atomic E-state index is 12.3. The minimum Gasteiger partial charge on any atom is -0.426 e. The Morgan fingerprint density at radius 3 is 2.71 bits per heavy atom. The zero-order chi connectivity index (χ0) is 20.3. The van der Waals surface area contributed by atoms with Crippen molar-refractivity contribution < 1.29 is 27.5 Å². The number of carbonyl (C=O) groups is 2. The average molecular weight is 416 g/mol. The lowest BCUT2D eigenvalue weighted by atomic mass is 10.1. The molecular weight excluding hydrogens is 397 g/mol. The molecule has 11 heteroatoms. The molecule has 0 atom stereocenters. The van der Waals surface area contributed by atoms with Crippen molar-refractivity contribution >= 4 is 34.7 Å². The van der Waals surface area contributed by atoms with E-state index in [0.717, 1.165) is 6.42 Å². The van der Waals surface area contributed by atoms with Gasteiger partial charge in [0.15, 0.2) is 6.73 Å². The number of thioether (sulfide) groups is 1. The molecule has 1 fully saturated rings. The number of fused-ring (bicyclic) bond motifs is 1.